The molecule has 0 radical (unpaired) electrons. The van der Waals surface area contributed by atoms with Crippen molar-refractivity contribution in [3.63, 3.8) is 0 Å². The first-order valence-corrected chi connectivity index (χ1v) is 14.5. The van der Waals surface area contributed by atoms with Gasteiger partial charge in [-0.2, -0.15) is 5.10 Å². The Hall–Kier alpha value is -4.07. The molecule has 2 aromatic heterocycles. The van der Waals surface area contributed by atoms with Crippen molar-refractivity contribution in [2.24, 2.45) is 5.10 Å². The summed E-state index contributed by atoms with van der Waals surface area (Å²) in [4.78, 5) is 16.8. The molecule has 4 rings (SSSR count). The quantitative estimate of drug-likeness (QED) is 0.211. The van der Waals surface area contributed by atoms with Gasteiger partial charge in [0.25, 0.3) is 26.0 Å². The van der Waals surface area contributed by atoms with Gasteiger partial charge in [0, 0.05) is 18.1 Å². The van der Waals surface area contributed by atoms with Crippen molar-refractivity contribution < 1.29 is 21.6 Å². The van der Waals surface area contributed by atoms with Crippen LogP contribution in [0.4, 0.5) is 11.4 Å². The van der Waals surface area contributed by atoms with E-state index in [0.717, 1.165) is 11.3 Å². The lowest BCUT2D eigenvalue weighted by Crippen LogP contribution is -2.22. The molecule has 13 heteroatoms. The number of benzene rings is 2. The number of hydrogen-bond acceptors (Lipinski definition) is 8. The molecule has 2 heterocycles. The molecule has 4 aromatic rings. The van der Waals surface area contributed by atoms with Crippen molar-refractivity contribution in [3.05, 3.63) is 102 Å². The number of sulfonamides is 2. The summed E-state index contributed by atoms with van der Waals surface area (Å²) in [5.41, 5.74) is 3.88. The molecule has 0 aliphatic carbocycles. The van der Waals surface area contributed by atoms with Crippen molar-refractivity contribution in [2.75, 3.05) is 9.44 Å². The zero-order valence-corrected chi connectivity index (χ0v) is 21.8. The molecule has 37 heavy (non-hydrogen) atoms. The predicted octanol–water partition coefficient (Wildman–Crippen LogP) is 3.90. The summed E-state index contributed by atoms with van der Waals surface area (Å²) in [5.74, 6) is -0.663. The zero-order valence-electron chi connectivity index (χ0n) is 19.3. The SMILES string of the molecule is CC(=NNC(=O)c1cnccc1NS(=O)(=O)c1cccs1)c1ccc(NS(=O)(=O)c2ccccc2)cc1. The smallest absolute Gasteiger partial charge is 0.275 e. The van der Waals surface area contributed by atoms with Crippen LogP contribution in [-0.4, -0.2) is 33.4 Å². The first kappa shape index (κ1) is 26.0. The van der Waals surface area contributed by atoms with Gasteiger partial charge >= 0.3 is 0 Å². The maximum absolute atomic E-state index is 12.8. The zero-order chi connectivity index (χ0) is 26.5. The molecule has 2 aromatic carbocycles. The Morgan fingerprint density at radius 3 is 2.27 bits per heavy atom. The van der Waals surface area contributed by atoms with E-state index in [1.165, 1.54) is 36.7 Å². The van der Waals surface area contributed by atoms with E-state index >= 15 is 0 Å². The van der Waals surface area contributed by atoms with Gasteiger partial charge in [-0.05, 0) is 54.3 Å². The molecule has 0 aliphatic rings. The van der Waals surface area contributed by atoms with Crippen molar-refractivity contribution in [3.8, 4) is 0 Å². The number of thiophene rings is 1. The van der Waals surface area contributed by atoms with Gasteiger partial charge in [0.15, 0.2) is 0 Å². The highest BCUT2D eigenvalue weighted by Gasteiger charge is 2.20. The fraction of sp³-hybridized carbons (Fsp3) is 0.0417. The fourth-order valence-electron chi connectivity index (χ4n) is 3.13. The summed E-state index contributed by atoms with van der Waals surface area (Å²) in [5, 5.41) is 5.72. The molecule has 10 nitrogen and oxygen atoms in total. The molecule has 0 unspecified atom stereocenters. The molecule has 1 amide bonds. The molecule has 190 valence electrons. The lowest BCUT2D eigenvalue weighted by Gasteiger charge is -2.11. The molecular weight excluding hydrogens is 534 g/mol. The van der Waals surface area contributed by atoms with E-state index in [4.69, 9.17) is 0 Å². The van der Waals surface area contributed by atoms with Crippen LogP contribution in [0.5, 0.6) is 0 Å². The number of hydrazone groups is 1. The first-order chi connectivity index (χ1) is 17.7. The van der Waals surface area contributed by atoms with Crippen LogP contribution in [0.1, 0.15) is 22.8 Å². The van der Waals surface area contributed by atoms with Crippen LogP contribution < -0.4 is 14.9 Å². The molecule has 0 aliphatic heterocycles. The average Bonchev–Trinajstić information content (AvgIpc) is 3.44. The van der Waals surface area contributed by atoms with Crippen molar-refractivity contribution in [2.45, 2.75) is 16.0 Å². The number of anilines is 2. The summed E-state index contributed by atoms with van der Waals surface area (Å²) in [6.45, 7) is 1.66. The number of rotatable bonds is 9. The second-order valence-corrected chi connectivity index (χ2v) is 12.1. The minimum Gasteiger partial charge on any atom is -0.280 e. The number of nitrogens with one attached hydrogen (secondary N) is 3. The Balaban J connectivity index is 1.45. The van der Waals surface area contributed by atoms with E-state index in [9.17, 15) is 21.6 Å². The van der Waals surface area contributed by atoms with Crippen molar-refractivity contribution >= 4 is 54.4 Å². The summed E-state index contributed by atoms with van der Waals surface area (Å²) >= 11 is 1.05. The van der Waals surface area contributed by atoms with Crippen LogP contribution in [0.3, 0.4) is 0 Å². The molecule has 0 fully saturated rings. The number of pyridine rings is 1. The Kier molecular flexibility index (Phi) is 7.66. The molecule has 0 saturated heterocycles. The monoisotopic (exact) mass is 555 g/mol. The largest absolute Gasteiger partial charge is 0.280 e. The van der Waals surface area contributed by atoms with Crippen molar-refractivity contribution in [1.29, 1.82) is 0 Å². The highest BCUT2D eigenvalue weighted by molar-refractivity contribution is 7.94. The minimum absolute atomic E-state index is 0.00940. The van der Waals surface area contributed by atoms with Gasteiger partial charge in [-0.15, -0.1) is 11.3 Å². The fourth-order valence-corrected chi connectivity index (χ4v) is 6.28. The van der Waals surface area contributed by atoms with Gasteiger partial charge in [0.1, 0.15) is 4.21 Å². The average molecular weight is 556 g/mol. The number of aromatic nitrogens is 1. The van der Waals surface area contributed by atoms with E-state index < -0.39 is 26.0 Å². The standard InChI is InChI=1S/C24H21N5O5S3/c1-17(18-9-11-19(12-10-18)28-36(31,32)20-6-3-2-4-7-20)26-27-24(30)21-16-25-14-13-22(21)29-37(33,34)23-8-5-15-35-23/h2-16,28H,1H3,(H,25,29)(H,27,30). The lowest BCUT2D eigenvalue weighted by molar-refractivity contribution is 0.0955. The Morgan fingerprint density at radius 1 is 0.865 bits per heavy atom. The van der Waals surface area contributed by atoms with Gasteiger partial charge in [-0.1, -0.05) is 36.4 Å². The molecule has 0 atom stereocenters. The molecule has 0 saturated carbocycles. The van der Waals surface area contributed by atoms with Gasteiger partial charge in [0.05, 0.1) is 21.9 Å². The minimum atomic E-state index is -3.86. The van der Waals surface area contributed by atoms with Gasteiger partial charge in [-0.25, -0.2) is 22.3 Å². The summed E-state index contributed by atoms with van der Waals surface area (Å²) in [7, 11) is -7.58. The highest BCUT2D eigenvalue weighted by Crippen LogP contribution is 2.22. The third-order valence-electron chi connectivity index (χ3n) is 5.00. The van der Waals surface area contributed by atoms with E-state index in [2.05, 4.69) is 25.0 Å². The van der Waals surface area contributed by atoms with Gasteiger partial charge in [-0.3, -0.25) is 19.2 Å². The number of carbonyl (C=O) groups excluding carboxylic acids is 1. The summed E-state index contributed by atoms with van der Waals surface area (Å²) < 4.78 is 55.1. The van der Waals surface area contributed by atoms with E-state index in [0.29, 0.717) is 17.0 Å². The summed E-state index contributed by atoms with van der Waals surface area (Å²) in [6.07, 6.45) is 2.60. The van der Waals surface area contributed by atoms with Crippen molar-refractivity contribution in [1.82, 2.24) is 10.4 Å². The van der Waals surface area contributed by atoms with Crippen LogP contribution in [0.15, 0.2) is 105 Å². The maximum atomic E-state index is 12.8. The Bertz CT molecular complexity index is 1640. The maximum Gasteiger partial charge on any atom is 0.275 e. The van der Waals surface area contributed by atoms with E-state index in [-0.39, 0.29) is 20.4 Å². The molecule has 0 spiro atoms. The third kappa shape index (κ3) is 6.39. The molecular formula is C24H21N5O5S3. The van der Waals surface area contributed by atoms with Crippen LogP contribution >= 0.6 is 11.3 Å². The lowest BCUT2D eigenvalue weighted by atomic mass is 10.1. The number of amides is 1. The van der Waals surface area contributed by atoms with E-state index in [1.807, 2.05) is 0 Å². The topological polar surface area (TPSA) is 147 Å². The second-order valence-electron chi connectivity index (χ2n) is 7.59. The van der Waals surface area contributed by atoms with Crippen LogP contribution in [0.2, 0.25) is 0 Å². The highest BCUT2D eigenvalue weighted by atomic mass is 32.2. The second kappa shape index (κ2) is 10.9. The first-order valence-electron chi connectivity index (χ1n) is 10.7. The Morgan fingerprint density at radius 2 is 1.59 bits per heavy atom. The Labute approximate surface area is 218 Å². The molecule has 3 N–H and O–H groups in total. The van der Waals surface area contributed by atoms with Gasteiger partial charge in [0.2, 0.25) is 0 Å². The number of hydrogen-bond donors (Lipinski definition) is 3. The normalized spacial score (nSPS) is 12.1. The number of carbonyl (C=O) groups is 1. The summed E-state index contributed by atoms with van der Waals surface area (Å²) in [6, 6.07) is 18.9. The van der Waals surface area contributed by atoms with Crippen LogP contribution in [-0.2, 0) is 20.0 Å². The number of nitrogens with zero attached hydrogens (tertiary/aromatic N) is 2. The van der Waals surface area contributed by atoms with Crippen LogP contribution in [0, 0.1) is 0 Å². The van der Waals surface area contributed by atoms with Crippen LogP contribution in [0.25, 0.3) is 0 Å². The third-order valence-corrected chi connectivity index (χ3v) is 9.16. The van der Waals surface area contributed by atoms with E-state index in [1.54, 1.807) is 60.8 Å². The predicted molar refractivity (Wildman–Crippen MR) is 143 cm³/mol. The van der Waals surface area contributed by atoms with Gasteiger partial charge < -0.3 is 0 Å². The molecule has 0 bridgehead atoms.